The molecule has 1 aromatic rings. The van der Waals surface area contributed by atoms with Crippen LogP contribution in [0.4, 0.5) is 0 Å². The van der Waals surface area contributed by atoms with Crippen LogP contribution in [0.5, 0.6) is 0 Å². The summed E-state index contributed by atoms with van der Waals surface area (Å²) in [6.45, 7) is 1.86. The molecular weight excluding hydrogens is 160 g/mol. The monoisotopic (exact) mass is 168 g/mol. The maximum Gasteiger partial charge on any atom is 0.293 e. The first-order valence-electron chi connectivity index (χ1n) is 3.34. The predicted octanol–water partition coefficient (Wildman–Crippen LogP) is 0.285. The Morgan fingerprint density at radius 3 is 3.08 bits per heavy atom. The molecule has 5 nitrogen and oxygen atoms in total. The second kappa shape index (κ2) is 3.66. The van der Waals surface area contributed by atoms with Gasteiger partial charge in [0.15, 0.2) is 11.6 Å². The highest BCUT2D eigenvalue weighted by atomic mass is 16.5. The summed E-state index contributed by atoms with van der Waals surface area (Å²) < 4.78 is 4.45. The molecule has 64 valence electrons. The molecular formula is C7H8N2O3. The van der Waals surface area contributed by atoms with Crippen LogP contribution < -0.4 is 0 Å². The number of nitrogens with zero attached hydrogens (tertiary/aromatic N) is 1. The highest BCUT2D eigenvalue weighted by molar-refractivity contribution is 5.90. The average Bonchev–Trinajstić information content (AvgIpc) is 2.48. The van der Waals surface area contributed by atoms with Gasteiger partial charge in [0.05, 0.1) is 11.9 Å². The number of aromatic amines is 1. The van der Waals surface area contributed by atoms with Gasteiger partial charge in [-0.2, -0.15) is 0 Å². The topological polar surface area (TPSA) is 72.0 Å². The molecule has 0 unspecified atom stereocenters. The van der Waals surface area contributed by atoms with Gasteiger partial charge >= 0.3 is 0 Å². The van der Waals surface area contributed by atoms with Crippen molar-refractivity contribution in [3.05, 3.63) is 17.7 Å². The lowest BCUT2D eigenvalue weighted by Crippen LogP contribution is -1.95. The Morgan fingerprint density at radius 2 is 2.58 bits per heavy atom. The van der Waals surface area contributed by atoms with Crippen LogP contribution in [0.25, 0.3) is 0 Å². The molecule has 0 aliphatic heterocycles. The summed E-state index contributed by atoms with van der Waals surface area (Å²) >= 11 is 0. The summed E-state index contributed by atoms with van der Waals surface area (Å²) in [5, 5.41) is 0. The Kier molecular flexibility index (Phi) is 2.57. The normalized spacial score (nSPS) is 9.42. The molecule has 0 radical (unpaired) electrons. The Labute approximate surface area is 68.8 Å². The standard InChI is InChI=1S/C7H8N2O3/c1-5(11)7-8-2-6(9-7)3-12-4-10/h2,4H,3H2,1H3,(H,8,9). The Morgan fingerprint density at radius 1 is 1.83 bits per heavy atom. The largest absolute Gasteiger partial charge is 0.461 e. The second-order valence-corrected chi connectivity index (χ2v) is 2.22. The SMILES string of the molecule is CC(=O)c1ncc(COC=O)[nH]1. The van der Waals surface area contributed by atoms with Crippen LogP contribution in [0.3, 0.4) is 0 Å². The first-order chi connectivity index (χ1) is 5.74. The van der Waals surface area contributed by atoms with E-state index < -0.39 is 0 Å². The van der Waals surface area contributed by atoms with Crippen LogP contribution in [0, 0.1) is 0 Å². The van der Waals surface area contributed by atoms with Gasteiger partial charge in [-0.25, -0.2) is 4.98 Å². The summed E-state index contributed by atoms with van der Waals surface area (Å²) in [6, 6.07) is 0. The molecule has 12 heavy (non-hydrogen) atoms. The number of ketones is 1. The number of nitrogens with one attached hydrogen (secondary N) is 1. The Bertz CT molecular complexity index is 293. The maximum atomic E-state index is 10.7. The van der Waals surface area contributed by atoms with E-state index in [0.717, 1.165) is 0 Å². The molecule has 0 amide bonds. The van der Waals surface area contributed by atoms with E-state index in [1.54, 1.807) is 0 Å². The number of aromatic nitrogens is 2. The van der Waals surface area contributed by atoms with Crippen molar-refractivity contribution < 1.29 is 14.3 Å². The quantitative estimate of drug-likeness (QED) is 0.518. The lowest BCUT2D eigenvalue weighted by Gasteiger charge is -1.92. The lowest BCUT2D eigenvalue weighted by atomic mass is 10.4. The summed E-state index contributed by atoms with van der Waals surface area (Å²) in [4.78, 5) is 27.0. The number of ether oxygens (including phenoxy) is 1. The minimum Gasteiger partial charge on any atom is -0.461 e. The Balaban J connectivity index is 2.64. The molecule has 5 heteroatoms. The molecule has 1 rings (SSSR count). The van der Waals surface area contributed by atoms with Crippen molar-refractivity contribution in [1.29, 1.82) is 0 Å². The van der Waals surface area contributed by atoms with Gasteiger partial charge in [0.25, 0.3) is 6.47 Å². The second-order valence-electron chi connectivity index (χ2n) is 2.22. The average molecular weight is 168 g/mol. The van der Waals surface area contributed by atoms with Crippen molar-refractivity contribution in [1.82, 2.24) is 9.97 Å². The van der Waals surface area contributed by atoms with Crippen LogP contribution in [-0.4, -0.2) is 22.2 Å². The van der Waals surface area contributed by atoms with Crippen LogP contribution in [0.2, 0.25) is 0 Å². The van der Waals surface area contributed by atoms with Crippen molar-refractivity contribution in [2.24, 2.45) is 0 Å². The summed E-state index contributed by atoms with van der Waals surface area (Å²) in [5.41, 5.74) is 0.604. The first-order valence-corrected chi connectivity index (χ1v) is 3.34. The van der Waals surface area contributed by atoms with Gasteiger partial charge in [-0.1, -0.05) is 0 Å². The van der Waals surface area contributed by atoms with Gasteiger partial charge in [-0.3, -0.25) is 9.59 Å². The number of hydrogen-bond donors (Lipinski definition) is 1. The van der Waals surface area contributed by atoms with E-state index in [2.05, 4.69) is 14.7 Å². The van der Waals surface area contributed by atoms with Gasteiger partial charge in [0.2, 0.25) is 0 Å². The summed E-state index contributed by atoms with van der Waals surface area (Å²) in [7, 11) is 0. The molecule has 0 atom stereocenters. The zero-order chi connectivity index (χ0) is 8.97. The summed E-state index contributed by atoms with van der Waals surface area (Å²) in [5.74, 6) is 0.131. The van der Waals surface area contributed by atoms with E-state index in [4.69, 9.17) is 0 Å². The van der Waals surface area contributed by atoms with Crippen LogP contribution in [-0.2, 0) is 16.1 Å². The highest BCUT2D eigenvalue weighted by Crippen LogP contribution is 1.98. The third-order valence-corrected chi connectivity index (χ3v) is 1.27. The Hall–Kier alpha value is -1.65. The van der Waals surface area contributed by atoms with Crippen LogP contribution in [0.15, 0.2) is 6.20 Å². The molecule has 0 bridgehead atoms. The summed E-state index contributed by atoms with van der Waals surface area (Å²) in [6.07, 6.45) is 1.46. The van der Waals surface area contributed by atoms with Crippen LogP contribution >= 0.6 is 0 Å². The zero-order valence-electron chi connectivity index (χ0n) is 6.53. The van der Waals surface area contributed by atoms with E-state index in [-0.39, 0.29) is 18.2 Å². The van der Waals surface area contributed by atoms with Gasteiger partial charge in [-0.15, -0.1) is 0 Å². The third kappa shape index (κ3) is 1.91. The number of carbonyl (C=O) groups is 2. The lowest BCUT2D eigenvalue weighted by molar-refractivity contribution is -0.129. The van der Waals surface area contributed by atoms with E-state index in [9.17, 15) is 9.59 Å². The molecule has 0 saturated heterocycles. The van der Waals surface area contributed by atoms with Crippen molar-refractivity contribution in [3.63, 3.8) is 0 Å². The minimum absolute atomic E-state index is 0.115. The molecule has 1 N–H and O–H groups in total. The number of H-pyrrole nitrogens is 1. The highest BCUT2D eigenvalue weighted by Gasteiger charge is 2.03. The fourth-order valence-electron chi connectivity index (χ4n) is 0.735. The molecule has 0 aromatic carbocycles. The predicted molar refractivity (Wildman–Crippen MR) is 39.4 cm³/mol. The minimum atomic E-state index is -0.146. The fourth-order valence-corrected chi connectivity index (χ4v) is 0.735. The van der Waals surface area contributed by atoms with Gasteiger partial charge < -0.3 is 9.72 Å². The van der Waals surface area contributed by atoms with Crippen molar-refractivity contribution in [3.8, 4) is 0 Å². The van der Waals surface area contributed by atoms with Gasteiger partial charge in [-0.05, 0) is 0 Å². The molecule has 0 spiro atoms. The molecule has 1 aromatic heterocycles. The number of rotatable bonds is 4. The zero-order valence-corrected chi connectivity index (χ0v) is 6.53. The van der Waals surface area contributed by atoms with E-state index in [0.29, 0.717) is 12.2 Å². The van der Waals surface area contributed by atoms with Crippen LogP contribution in [0.1, 0.15) is 23.2 Å². The van der Waals surface area contributed by atoms with Crippen molar-refractivity contribution in [2.45, 2.75) is 13.5 Å². The van der Waals surface area contributed by atoms with Crippen molar-refractivity contribution >= 4 is 12.3 Å². The van der Waals surface area contributed by atoms with Gasteiger partial charge in [0, 0.05) is 6.92 Å². The number of Topliss-reactive ketones (excluding diaryl/α,β-unsaturated/α-hetero) is 1. The smallest absolute Gasteiger partial charge is 0.293 e. The van der Waals surface area contributed by atoms with E-state index >= 15 is 0 Å². The number of hydrogen-bond acceptors (Lipinski definition) is 4. The van der Waals surface area contributed by atoms with E-state index in [1.165, 1.54) is 13.1 Å². The first kappa shape index (κ1) is 8.45. The van der Waals surface area contributed by atoms with Crippen molar-refractivity contribution in [2.75, 3.05) is 0 Å². The third-order valence-electron chi connectivity index (χ3n) is 1.27. The molecule has 0 aliphatic rings. The molecule has 0 saturated carbocycles. The number of carbonyl (C=O) groups excluding carboxylic acids is 2. The maximum absolute atomic E-state index is 10.7. The molecule has 0 fully saturated rings. The number of imidazole rings is 1. The molecule has 1 heterocycles. The molecule has 0 aliphatic carbocycles. The van der Waals surface area contributed by atoms with Gasteiger partial charge in [0.1, 0.15) is 6.61 Å². The van der Waals surface area contributed by atoms with E-state index in [1.807, 2.05) is 0 Å². The fraction of sp³-hybridized carbons (Fsp3) is 0.286.